The highest BCUT2D eigenvalue weighted by atomic mass is 16.6. The van der Waals surface area contributed by atoms with E-state index in [1.54, 1.807) is 20.8 Å². The molecular weight excluding hydrogens is 350 g/mol. The predicted octanol–water partition coefficient (Wildman–Crippen LogP) is 1.56. The van der Waals surface area contributed by atoms with Crippen LogP contribution in [0, 0.1) is 11.8 Å². The zero-order valence-corrected chi connectivity index (χ0v) is 17.9. The van der Waals surface area contributed by atoms with Crippen LogP contribution in [0.15, 0.2) is 0 Å². The van der Waals surface area contributed by atoms with Gasteiger partial charge in [-0.15, -0.1) is 0 Å². The molecule has 8 heteroatoms. The zero-order chi connectivity index (χ0) is 21.4. The Kier molecular flexibility index (Phi) is 10.4. The van der Waals surface area contributed by atoms with Crippen LogP contribution in [-0.2, 0) is 14.3 Å². The Balaban J connectivity index is 4.94. The molecule has 3 amide bonds. The van der Waals surface area contributed by atoms with Crippen molar-refractivity contribution in [1.82, 2.24) is 16.0 Å². The fourth-order valence-electron chi connectivity index (χ4n) is 2.26. The maximum atomic E-state index is 12.6. The quantitative estimate of drug-likeness (QED) is 0.479. The molecule has 0 rings (SSSR count). The molecule has 0 unspecified atom stereocenters. The Morgan fingerprint density at radius 3 is 1.89 bits per heavy atom. The molecular formula is C19H37N3O5. The third kappa shape index (κ3) is 10.8. The summed E-state index contributed by atoms with van der Waals surface area (Å²) in [5, 5.41) is 17.3. The summed E-state index contributed by atoms with van der Waals surface area (Å²) >= 11 is 0. The summed E-state index contributed by atoms with van der Waals surface area (Å²) in [7, 11) is 0. The fourth-order valence-corrected chi connectivity index (χ4v) is 2.26. The Hall–Kier alpha value is -1.83. The van der Waals surface area contributed by atoms with Gasteiger partial charge in [0, 0.05) is 0 Å². The van der Waals surface area contributed by atoms with Crippen LogP contribution in [0.4, 0.5) is 4.79 Å². The van der Waals surface area contributed by atoms with Crippen LogP contribution in [0.2, 0.25) is 0 Å². The minimum absolute atomic E-state index is 0.0575. The number of carbonyl (C=O) groups is 3. The SMILES string of the molecule is CC(C)C[C@H](NC(=O)[C@H](C)NC(=O)OC(C)(C)C)C(=O)N[C@H](CO)C(C)C. The lowest BCUT2D eigenvalue weighted by Crippen LogP contribution is -2.55. The van der Waals surface area contributed by atoms with E-state index in [1.807, 2.05) is 27.7 Å². The number of nitrogens with one attached hydrogen (secondary N) is 3. The molecule has 3 atom stereocenters. The van der Waals surface area contributed by atoms with Gasteiger partial charge in [0.1, 0.15) is 17.7 Å². The van der Waals surface area contributed by atoms with E-state index < -0.39 is 29.7 Å². The summed E-state index contributed by atoms with van der Waals surface area (Å²) in [6.07, 6.45) is -0.261. The van der Waals surface area contributed by atoms with Gasteiger partial charge in [0.2, 0.25) is 11.8 Å². The molecule has 0 radical (unpaired) electrons. The van der Waals surface area contributed by atoms with Crippen molar-refractivity contribution in [2.45, 2.75) is 85.5 Å². The number of alkyl carbamates (subject to hydrolysis) is 1. The van der Waals surface area contributed by atoms with Crippen LogP contribution < -0.4 is 16.0 Å². The number of hydrogen-bond donors (Lipinski definition) is 4. The van der Waals surface area contributed by atoms with Gasteiger partial charge in [-0.05, 0) is 46.0 Å². The molecule has 0 aliphatic rings. The standard InChI is InChI=1S/C19H37N3O5/c1-11(2)9-14(17(25)22-15(10-23)12(3)4)21-16(24)13(5)20-18(26)27-19(6,7)8/h11-15,23H,9-10H2,1-8H3,(H,20,26)(H,21,24)(H,22,25)/t13-,14-,15+/m0/s1. The highest BCUT2D eigenvalue weighted by Crippen LogP contribution is 2.09. The van der Waals surface area contributed by atoms with E-state index in [1.165, 1.54) is 6.92 Å². The number of aliphatic hydroxyl groups excluding tert-OH is 1. The number of amides is 3. The molecule has 0 aliphatic carbocycles. The zero-order valence-electron chi connectivity index (χ0n) is 17.9. The highest BCUT2D eigenvalue weighted by Gasteiger charge is 2.28. The van der Waals surface area contributed by atoms with Crippen molar-refractivity contribution in [2.75, 3.05) is 6.61 Å². The van der Waals surface area contributed by atoms with Crippen molar-refractivity contribution in [1.29, 1.82) is 0 Å². The minimum Gasteiger partial charge on any atom is -0.444 e. The average molecular weight is 388 g/mol. The topological polar surface area (TPSA) is 117 Å². The third-order valence-corrected chi connectivity index (χ3v) is 3.80. The van der Waals surface area contributed by atoms with Gasteiger partial charge in [-0.3, -0.25) is 9.59 Å². The molecule has 0 aromatic rings. The summed E-state index contributed by atoms with van der Waals surface area (Å²) in [4.78, 5) is 36.8. The van der Waals surface area contributed by atoms with E-state index in [4.69, 9.17) is 4.74 Å². The molecule has 0 saturated heterocycles. The Morgan fingerprint density at radius 2 is 1.48 bits per heavy atom. The molecule has 27 heavy (non-hydrogen) atoms. The maximum absolute atomic E-state index is 12.6. The number of hydrogen-bond acceptors (Lipinski definition) is 5. The Bertz CT molecular complexity index is 500. The molecule has 0 aliphatic heterocycles. The van der Waals surface area contributed by atoms with E-state index in [0.717, 1.165) is 0 Å². The summed E-state index contributed by atoms with van der Waals surface area (Å²) in [6.45, 7) is 14.2. The van der Waals surface area contributed by atoms with E-state index in [9.17, 15) is 19.5 Å². The van der Waals surface area contributed by atoms with Crippen LogP contribution in [-0.4, -0.2) is 53.3 Å². The first-order chi connectivity index (χ1) is 12.3. The highest BCUT2D eigenvalue weighted by molar-refractivity contribution is 5.91. The Morgan fingerprint density at radius 1 is 0.926 bits per heavy atom. The summed E-state index contributed by atoms with van der Waals surface area (Å²) in [6, 6.07) is -2.00. The average Bonchev–Trinajstić information content (AvgIpc) is 2.48. The number of carbonyl (C=O) groups excluding carboxylic acids is 3. The number of rotatable bonds is 9. The van der Waals surface area contributed by atoms with Crippen molar-refractivity contribution in [3.63, 3.8) is 0 Å². The third-order valence-electron chi connectivity index (χ3n) is 3.80. The van der Waals surface area contributed by atoms with Crippen LogP contribution in [0.5, 0.6) is 0 Å². The van der Waals surface area contributed by atoms with Crippen LogP contribution in [0.25, 0.3) is 0 Å². The van der Waals surface area contributed by atoms with Gasteiger partial charge >= 0.3 is 6.09 Å². The maximum Gasteiger partial charge on any atom is 0.408 e. The Labute approximate surface area is 162 Å². The first-order valence-corrected chi connectivity index (χ1v) is 9.48. The van der Waals surface area contributed by atoms with Crippen molar-refractivity contribution in [3.05, 3.63) is 0 Å². The lowest BCUT2D eigenvalue weighted by atomic mass is 10.0. The van der Waals surface area contributed by atoms with Crippen molar-refractivity contribution < 1.29 is 24.2 Å². The van der Waals surface area contributed by atoms with Crippen LogP contribution in [0.1, 0.15) is 61.8 Å². The van der Waals surface area contributed by atoms with E-state index in [0.29, 0.717) is 6.42 Å². The number of ether oxygens (including phenoxy) is 1. The normalized spacial score (nSPS) is 15.1. The van der Waals surface area contributed by atoms with Gasteiger partial charge in [-0.25, -0.2) is 4.79 Å². The molecule has 0 heterocycles. The van der Waals surface area contributed by atoms with E-state index in [-0.39, 0.29) is 30.4 Å². The largest absolute Gasteiger partial charge is 0.444 e. The smallest absolute Gasteiger partial charge is 0.408 e. The van der Waals surface area contributed by atoms with Gasteiger partial charge in [0.15, 0.2) is 0 Å². The number of aliphatic hydroxyl groups is 1. The molecule has 0 aromatic heterocycles. The monoisotopic (exact) mass is 387 g/mol. The fraction of sp³-hybridized carbons (Fsp3) is 0.842. The minimum atomic E-state index is -0.860. The molecule has 0 spiro atoms. The van der Waals surface area contributed by atoms with Gasteiger partial charge < -0.3 is 25.8 Å². The van der Waals surface area contributed by atoms with Crippen LogP contribution >= 0.6 is 0 Å². The summed E-state index contributed by atoms with van der Waals surface area (Å²) < 4.78 is 5.13. The molecule has 0 aromatic carbocycles. The van der Waals surface area contributed by atoms with Gasteiger partial charge in [-0.1, -0.05) is 27.7 Å². The molecule has 0 saturated carbocycles. The van der Waals surface area contributed by atoms with Crippen molar-refractivity contribution in [3.8, 4) is 0 Å². The van der Waals surface area contributed by atoms with Crippen molar-refractivity contribution >= 4 is 17.9 Å². The van der Waals surface area contributed by atoms with E-state index in [2.05, 4.69) is 16.0 Å². The lowest BCUT2D eigenvalue weighted by Gasteiger charge is -2.27. The molecule has 4 N–H and O–H groups in total. The van der Waals surface area contributed by atoms with Gasteiger partial charge in [-0.2, -0.15) is 0 Å². The second-order valence-corrected chi connectivity index (χ2v) is 8.60. The van der Waals surface area contributed by atoms with E-state index >= 15 is 0 Å². The van der Waals surface area contributed by atoms with Crippen molar-refractivity contribution in [2.24, 2.45) is 11.8 Å². The predicted molar refractivity (Wildman–Crippen MR) is 104 cm³/mol. The first-order valence-electron chi connectivity index (χ1n) is 9.48. The summed E-state index contributed by atoms with van der Waals surface area (Å²) in [5.74, 6) is -0.607. The molecule has 0 bridgehead atoms. The summed E-state index contributed by atoms with van der Waals surface area (Å²) in [5.41, 5.74) is -0.670. The lowest BCUT2D eigenvalue weighted by molar-refractivity contribution is -0.131. The van der Waals surface area contributed by atoms with Gasteiger partial charge in [0.05, 0.1) is 12.6 Å². The second kappa shape index (κ2) is 11.1. The first kappa shape index (κ1) is 25.2. The molecule has 158 valence electrons. The molecule has 0 fully saturated rings. The van der Waals surface area contributed by atoms with Crippen LogP contribution in [0.3, 0.4) is 0 Å². The second-order valence-electron chi connectivity index (χ2n) is 8.60. The van der Waals surface area contributed by atoms with Gasteiger partial charge in [0.25, 0.3) is 0 Å². The molecule has 8 nitrogen and oxygen atoms in total.